The van der Waals surface area contributed by atoms with E-state index in [0.29, 0.717) is 13.1 Å². The maximum atomic E-state index is 12.4. The number of β-lactam (4-membered cyclic amide) rings is 1. The van der Waals surface area contributed by atoms with Crippen molar-refractivity contribution in [2.45, 2.75) is 56.7 Å². The molecule has 4 aliphatic rings. The number of aliphatic hydroxyl groups excluding tert-OH is 1. The largest absolute Gasteiger partial charge is 0.477 e. The molecule has 0 aromatic rings. The summed E-state index contributed by atoms with van der Waals surface area (Å²) in [4.78, 5) is 40.2. The molecule has 0 bridgehead atoms. The van der Waals surface area contributed by atoms with Crippen LogP contribution in [0.4, 0.5) is 4.79 Å². The number of aliphatic carboxylic acids is 1. The van der Waals surface area contributed by atoms with Crippen molar-refractivity contribution in [1.82, 2.24) is 20.4 Å². The van der Waals surface area contributed by atoms with E-state index in [4.69, 9.17) is 0 Å². The number of carbonyl (C=O) groups excluding carboxylic acids is 2. The van der Waals surface area contributed by atoms with Crippen molar-refractivity contribution in [3.05, 3.63) is 10.6 Å². The molecule has 29 heavy (non-hydrogen) atoms. The number of nitrogens with zero attached hydrogens (tertiary/aromatic N) is 2. The van der Waals surface area contributed by atoms with Gasteiger partial charge in [-0.05, 0) is 20.3 Å². The average Bonchev–Trinajstić information content (AvgIpc) is 3.26. The lowest BCUT2D eigenvalue weighted by molar-refractivity contribution is -0.163. The molecule has 3 saturated heterocycles. The van der Waals surface area contributed by atoms with Crippen molar-refractivity contribution < 1.29 is 24.6 Å². The number of carbonyl (C=O) groups is 3. The van der Waals surface area contributed by atoms with Gasteiger partial charge in [0.05, 0.1) is 18.1 Å². The summed E-state index contributed by atoms with van der Waals surface area (Å²) >= 11 is 1.53. The van der Waals surface area contributed by atoms with Gasteiger partial charge in [0.15, 0.2) is 0 Å². The Bertz CT molecular complexity index is 772. The number of urea groups is 1. The second-order valence-electron chi connectivity index (χ2n) is 8.61. The third kappa shape index (κ3) is 3.40. The Kier molecular flexibility index (Phi) is 5.28. The highest BCUT2D eigenvalue weighted by Gasteiger charge is 2.60. The van der Waals surface area contributed by atoms with E-state index in [9.17, 15) is 24.6 Å². The van der Waals surface area contributed by atoms with E-state index in [0.717, 1.165) is 17.9 Å². The van der Waals surface area contributed by atoms with Gasteiger partial charge in [-0.2, -0.15) is 0 Å². The van der Waals surface area contributed by atoms with Gasteiger partial charge in [-0.25, -0.2) is 9.59 Å². The second kappa shape index (κ2) is 7.48. The lowest BCUT2D eigenvalue weighted by atomic mass is 9.79. The first kappa shape index (κ1) is 20.5. The van der Waals surface area contributed by atoms with Crippen molar-refractivity contribution in [3.8, 4) is 0 Å². The van der Waals surface area contributed by atoms with Gasteiger partial charge >= 0.3 is 12.0 Å². The van der Waals surface area contributed by atoms with Gasteiger partial charge in [0, 0.05) is 47.8 Å². The zero-order valence-electron chi connectivity index (χ0n) is 16.8. The van der Waals surface area contributed by atoms with E-state index in [2.05, 4.69) is 10.6 Å². The van der Waals surface area contributed by atoms with E-state index in [-0.39, 0.29) is 46.9 Å². The van der Waals surface area contributed by atoms with Crippen LogP contribution >= 0.6 is 11.8 Å². The molecule has 3 amide bonds. The molecule has 4 heterocycles. The molecule has 0 aromatic heterocycles. The molecule has 4 N–H and O–H groups in total. The Morgan fingerprint density at radius 1 is 1.34 bits per heavy atom. The molecule has 0 spiro atoms. The topological polar surface area (TPSA) is 122 Å². The first-order chi connectivity index (χ1) is 13.7. The van der Waals surface area contributed by atoms with Gasteiger partial charge in [0.2, 0.25) is 5.91 Å². The number of nitrogens with one attached hydrogen (secondary N) is 2. The van der Waals surface area contributed by atoms with Crippen molar-refractivity contribution in [1.29, 1.82) is 0 Å². The second-order valence-corrected chi connectivity index (χ2v) is 9.95. The number of carboxylic acids is 1. The van der Waals surface area contributed by atoms with E-state index < -0.39 is 18.0 Å². The molecule has 4 aliphatic heterocycles. The van der Waals surface area contributed by atoms with Crippen LogP contribution in [0.25, 0.3) is 0 Å². The van der Waals surface area contributed by atoms with Crippen molar-refractivity contribution in [2.24, 2.45) is 11.8 Å². The molecule has 0 unspecified atom stereocenters. The average molecular weight is 425 g/mol. The van der Waals surface area contributed by atoms with Crippen molar-refractivity contribution in [2.75, 3.05) is 19.6 Å². The van der Waals surface area contributed by atoms with Crippen LogP contribution in [-0.2, 0) is 9.59 Å². The molecule has 4 rings (SSSR count). The monoisotopic (exact) mass is 424 g/mol. The van der Waals surface area contributed by atoms with Crippen LogP contribution < -0.4 is 10.6 Å². The molecule has 0 aromatic carbocycles. The Morgan fingerprint density at radius 3 is 2.66 bits per heavy atom. The van der Waals surface area contributed by atoms with Crippen LogP contribution in [0.3, 0.4) is 0 Å². The highest BCUT2D eigenvalue weighted by molar-refractivity contribution is 8.03. The van der Waals surface area contributed by atoms with Crippen LogP contribution in [0.15, 0.2) is 10.6 Å². The summed E-state index contributed by atoms with van der Waals surface area (Å²) in [6.07, 6.45) is 0.0295. The first-order valence-electron chi connectivity index (χ1n) is 10.1. The smallest absolute Gasteiger partial charge is 0.353 e. The fraction of sp³-hybridized carbons (Fsp3) is 0.737. The summed E-state index contributed by atoms with van der Waals surface area (Å²) in [6.45, 7) is 7.55. The Hall–Kier alpha value is -1.78. The predicted octanol–water partition coefficient (Wildman–Crippen LogP) is 0.0175. The van der Waals surface area contributed by atoms with Crippen LogP contribution in [0.5, 0.6) is 0 Å². The normalized spacial score (nSPS) is 37.7. The minimum absolute atomic E-state index is 0.0391. The van der Waals surface area contributed by atoms with Crippen LogP contribution in [0.2, 0.25) is 0 Å². The number of hydrogen-bond donors (Lipinski definition) is 4. The fourth-order valence-corrected chi connectivity index (χ4v) is 6.57. The zero-order chi connectivity index (χ0) is 21.0. The Balaban J connectivity index is 1.43. The summed E-state index contributed by atoms with van der Waals surface area (Å²) < 4.78 is 0. The Morgan fingerprint density at radius 2 is 2.07 bits per heavy atom. The summed E-state index contributed by atoms with van der Waals surface area (Å²) in [6, 6.07) is -0.00240. The first-order valence-corrected chi connectivity index (χ1v) is 11.0. The SMILES string of the molecule is C[C@H]1CN(C[C@@H]2C[C@H](SC3=C(C(=O)O)N4C(=O)[C@H]([C@@H](C)O)[C@H]4[C@H]3C)CN2)C(=O)N1. The molecule has 0 aliphatic carbocycles. The molecule has 3 fully saturated rings. The number of rotatable bonds is 6. The van der Waals surface area contributed by atoms with Gasteiger partial charge in [-0.15, -0.1) is 11.8 Å². The summed E-state index contributed by atoms with van der Waals surface area (Å²) in [5, 5.41) is 26.2. The minimum atomic E-state index is -1.09. The summed E-state index contributed by atoms with van der Waals surface area (Å²) in [5.41, 5.74) is 0.0746. The van der Waals surface area contributed by atoms with E-state index in [1.165, 1.54) is 16.7 Å². The maximum absolute atomic E-state index is 12.4. The minimum Gasteiger partial charge on any atom is -0.477 e. The molecule has 7 atom stereocenters. The van der Waals surface area contributed by atoms with Gasteiger partial charge in [-0.1, -0.05) is 6.92 Å². The molecule has 160 valence electrons. The molecule has 0 saturated carbocycles. The summed E-state index contributed by atoms with van der Waals surface area (Å²) in [7, 11) is 0. The third-order valence-electron chi connectivity index (χ3n) is 6.38. The maximum Gasteiger partial charge on any atom is 0.353 e. The number of amides is 3. The molecular formula is C19H28N4O5S. The van der Waals surface area contributed by atoms with E-state index in [1.54, 1.807) is 6.92 Å². The van der Waals surface area contributed by atoms with E-state index >= 15 is 0 Å². The number of hydrogen-bond acceptors (Lipinski definition) is 6. The molecule has 10 heteroatoms. The lowest BCUT2D eigenvalue weighted by Crippen LogP contribution is -2.63. The van der Waals surface area contributed by atoms with Gasteiger partial charge < -0.3 is 30.6 Å². The quantitative estimate of drug-likeness (QED) is 0.443. The fourth-order valence-electron chi connectivity index (χ4n) is 5.05. The lowest BCUT2D eigenvalue weighted by Gasteiger charge is -2.46. The van der Waals surface area contributed by atoms with Crippen molar-refractivity contribution in [3.63, 3.8) is 0 Å². The highest BCUT2D eigenvalue weighted by Crippen LogP contribution is 2.51. The number of carboxylic acid groups (broad SMARTS) is 1. The third-order valence-corrected chi connectivity index (χ3v) is 7.89. The van der Waals surface area contributed by atoms with Gasteiger partial charge in [0.25, 0.3) is 0 Å². The number of thioether (sulfide) groups is 1. The summed E-state index contributed by atoms with van der Waals surface area (Å²) in [5.74, 6) is -2.05. The van der Waals surface area contributed by atoms with Gasteiger partial charge in [0.1, 0.15) is 5.70 Å². The zero-order valence-corrected chi connectivity index (χ0v) is 17.6. The van der Waals surface area contributed by atoms with Crippen LogP contribution in [0.1, 0.15) is 27.2 Å². The standard InChI is InChI=1S/C19H28N4O5S/c1-8-6-22(19(28)21-8)7-11-4-12(5-20-11)29-16-9(2)14-13(10(3)24)17(25)23(14)15(16)18(26)27/h8-14,20,24H,4-7H2,1-3H3,(H,21,28)(H,26,27)/t8-,9+,10+,11-,12-,13+,14+/m0/s1. The van der Waals surface area contributed by atoms with Crippen LogP contribution in [0, 0.1) is 11.8 Å². The Labute approximate surface area is 173 Å². The van der Waals surface area contributed by atoms with Crippen molar-refractivity contribution >= 4 is 29.7 Å². The van der Waals surface area contributed by atoms with E-state index in [1.807, 2.05) is 18.7 Å². The number of fused-ring (bicyclic) bond motifs is 1. The number of aliphatic hydroxyl groups is 1. The molecule has 0 radical (unpaired) electrons. The molecule has 9 nitrogen and oxygen atoms in total. The predicted molar refractivity (Wildman–Crippen MR) is 107 cm³/mol. The van der Waals surface area contributed by atoms with Crippen LogP contribution in [-0.4, -0.2) is 87.0 Å². The molecular weight excluding hydrogens is 396 g/mol. The highest BCUT2D eigenvalue weighted by atomic mass is 32.2. The van der Waals surface area contributed by atoms with Gasteiger partial charge in [-0.3, -0.25) is 4.79 Å².